The van der Waals surface area contributed by atoms with E-state index in [0.29, 0.717) is 6.42 Å². The summed E-state index contributed by atoms with van der Waals surface area (Å²) >= 11 is 0. The minimum absolute atomic E-state index is 0.226. The summed E-state index contributed by atoms with van der Waals surface area (Å²) in [6, 6.07) is 4.08. The zero-order valence-electron chi connectivity index (χ0n) is 11.6. The van der Waals surface area contributed by atoms with Gasteiger partial charge in [0.05, 0.1) is 9.79 Å². The molecule has 0 saturated carbocycles. The van der Waals surface area contributed by atoms with E-state index in [1.807, 2.05) is 6.92 Å². The van der Waals surface area contributed by atoms with E-state index in [2.05, 4.69) is 0 Å². The van der Waals surface area contributed by atoms with Crippen molar-refractivity contribution < 1.29 is 20.7 Å². The first kappa shape index (κ1) is 17.1. The molecule has 8 heteroatoms. The maximum atomic E-state index is 12.9. The topological polar surface area (TPSA) is 71.5 Å². The number of hydrogen-bond acceptors (Lipinski definition) is 4. The van der Waals surface area contributed by atoms with Crippen LogP contribution in [0, 0.1) is 0 Å². The highest BCUT2D eigenvalue weighted by atomic mass is 32.3. The summed E-state index contributed by atoms with van der Waals surface area (Å²) in [5.41, 5.74) is 0. The third-order valence-electron chi connectivity index (χ3n) is 3.09. The van der Waals surface area contributed by atoms with Gasteiger partial charge < -0.3 is 0 Å². The minimum atomic E-state index is -4.92. The van der Waals surface area contributed by atoms with Gasteiger partial charge in [-0.25, -0.2) is 8.42 Å². The molecular weight excluding hydrogens is 305 g/mol. The molecule has 0 heterocycles. The average Bonchev–Trinajstić information content (AvgIpc) is 2.37. The lowest BCUT2D eigenvalue weighted by atomic mass is 10.2. The number of nitrogens with zero attached hydrogens (tertiary/aromatic N) is 1. The second-order valence-electron chi connectivity index (χ2n) is 4.57. The highest BCUT2D eigenvalue weighted by Gasteiger charge is 2.26. The average molecular weight is 323 g/mol. The van der Waals surface area contributed by atoms with Crippen molar-refractivity contribution in [2.24, 2.45) is 0 Å². The van der Waals surface area contributed by atoms with Crippen LogP contribution in [0.15, 0.2) is 34.1 Å². The van der Waals surface area contributed by atoms with Crippen LogP contribution in [0.2, 0.25) is 0 Å². The number of sulfonamides is 1. The highest BCUT2D eigenvalue weighted by molar-refractivity contribution is 7.89. The van der Waals surface area contributed by atoms with E-state index in [0.717, 1.165) is 18.6 Å². The Hall–Kier alpha value is -0.990. The van der Waals surface area contributed by atoms with Gasteiger partial charge in [0.1, 0.15) is 0 Å². The van der Waals surface area contributed by atoms with Gasteiger partial charge in [-0.15, -0.1) is 3.89 Å². The molecule has 0 aromatic heterocycles. The number of benzene rings is 1. The van der Waals surface area contributed by atoms with Crippen LogP contribution >= 0.6 is 0 Å². The van der Waals surface area contributed by atoms with Gasteiger partial charge in [0, 0.05) is 13.1 Å². The monoisotopic (exact) mass is 323 g/mol. The predicted molar refractivity (Wildman–Crippen MR) is 74.1 cm³/mol. The molecule has 0 N–H and O–H groups in total. The molecule has 5 nitrogen and oxygen atoms in total. The molecule has 20 heavy (non-hydrogen) atoms. The molecule has 1 aromatic carbocycles. The van der Waals surface area contributed by atoms with Crippen LogP contribution in [0.5, 0.6) is 0 Å². The summed E-state index contributed by atoms with van der Waals surface area (Å²) in [6.07, 6.45) is 1.50. The molecule has 0 spiro atoms. The third-order valence-corrected chi connectivity index (χ3v) is 5.88. The molecule has 0 saturated heterocycles. The molecule has 0 bridgehead atoms. The van der Waals surface area contributed by atoms with Crippen LogP contribution in [0.3, 0.4) is 0 Å². The zero-order valence-corrected chi connectivity index (χ0v) is 13.2. The van der Waals surface area contributed by atoms with Gasteiger partial charge in [0.25, 0.3) is 0 Å². The van der Waals surface area contributed by atoms with Crippen LogP contribution < -0.4 is 0 Å². The van der Waals surface area contributed by atoms with Gasteiger partial charge in [-0.2, -0.15) is 12.7 Å². The van der Waals surface area contributed by atoms with Gasteiger partial charge in [0.15, 0.2) is 0 Å². The Morgan fingerprint density at radius 1 is 1.20 bits per heavy atom. The molecule has 1 atom stereocenters. The molecule has 0 amide bonds. The standard InChI is InChI=1S/C12H18FNO4S2/c1-4-6-10(2)14(3)20(17,18)12-8-5-7-11(9-12)19(13,15)16/h5,7-10H,4,6H2,1-3H3. The van der Waals surface area contributed by atoms with Gasteiger partial charge in [-0.1, -0.05) is 19.4 Å². The molecule has 0 radical (unpaired) electrons. The summed E-state index contributed by atoms with van der Waals surface area (Å²) in [5.74, 6) is 0. The molecule has 1 unspecified atom stereocenters. The van der Waals surface area contributed by atoms with Crippen LogP contribution in [-0.2, 0) is 20.2 Å². The van der Waals surface area contributed by atoms with Crippen molar-refractivity contribution >= 4 is 20.2 Å². The summed E-state index contributed by atoms with van der Waals surface area (Å²) in [6.45, 7) is 3.70. The summed E-state index contributed by atoms with van der Waals surface area (Å²) in [7, 11) is -7.34. The fraction of sp³-hybridized carbons (Fsp3) is 0.500. The maximum Gasteiger partial charge on any atom is 0.332 e. The molecule has 0 aliphatic rings. The molecule has 0 fully saturated rings. The summed E-state index contributed by atoms with van der Waals surface area (Å²) in [4.78, 5) is -0.892. The Bertz CT molecular complexity index is 670. The molecule has 114 valence electrons. The first-order valence-corrected chi connectivity index (χ1v) is 8.95. The van der Waals surface area contributed by atoms with Crippen LogP contribution in [0.4, 0.5) is 3.89 Å². The van der Waals surface area contributed by atoms with Crippen molar-refractivity contribution in [3.05, 3.63) is 24.3 Å². The third kappa shape index (κ3) is 3.77. The Morgan fingerprint density at radius 3 is 2.25 bits per heavy atom. The maximum absolute atomic E-state index is 12.9. The predicted octanol–water partition coefficient (Wildman–Crippen LogP) is 2.15. The van der Waals surface area contributed by atoms with Gasteiger partial charge in [-0.3, -0.25) is 0 Å². The molecule has 1 rings (SSSR count). The summed E-state index contributed by atoms with van der Waals surface area (Å²) < 4.78 is 60.5. The van der Waals surface area contributed by atoms with E-state index in [4.69, 9.17) is 0 Å². The highest BCUT2D eigenvalue weighted by Crippen LogP contribution is 2.22. The number of halogens is 1. The van der Waals surface area contributed by atoms with Gasteiger partial charge in [-0.05, 0) is 31.5 Å². The largest absolute Gasteiger partial charge is 0.332 e. The smallest absolute Gasteiger partial charge is 0.207 e. The lowest BCUT2D eigenvalue weighted by Crippen LogP contribution is -2.35. The van der Waals surface area contributed by atoms with Crippen molar-refractivity contribution in [1.29, 1.82) is 0 Å². The molecular formula is C12H18FNO4S2. The Morgan fingerprint density at radius 2 is 1.75 bits per heavy atom. The quantitative estimate of drug-likeness (QED) is 0.752. The molecule has 0 aliphatic carbocycles. The van der Waals surface area contributed by atoms with Crippen molar-refractivity contribution in [3.63, 3.8) is 0 Å². The van der Waals surface area contributed by atoms with Crippen molar-refractivity contribution in [2.75, 3.05) is 7.05 Å². The molecule has 0 aliphatic heterocycles. The molecule has 1 aromatic rings. The Labute approximate surface area is 119 Å². The first-order chi connectivity index (χ1) is 9.10. The fourth-order valence-corrected chi connectivity index (χ4v) is 3.81. The van der Waals surface area contributed by atoms with Crippen molar-refractivity contribution in [2.45, 2.75) is 42.5 Å². The lowest BCUT2D eigenvalue weighted by Gasteiger charge is -2.24. The number of rotatable bonds is 6. The normalized spacial score (nSPS) is 14.4. The Balaban J connectivity index is 3.23. The van der Waals surface area contributed by atoms with Crippen LogP contribution in [-0.4, -0.2) is 34.2 Å². The van der Waals surface area contributed by atoms with Crippen molar-refractivity contribution in [1.82, 2.24) is 4.31 Å². The van der Waals surface area contributed by atoms with E-state index < -0.39 is 25.1 Å². The number of hydrogen-bond donors (Lipinski definition) is 0. The second-order valence-corrected chi connectivity index (χ2v) is 7.92. The fourth-order valence-electron chi connectivity index (χ4n) is 1.79. The minimum Gasteiger partial charge on any atom is -0.207 e. The van der Waals surface area contributed by atoms with Crippen LogP contribution in [0.1, 0.15) is 26.7 Å². The lowest BCUT2D eigenvalue weighted by molar-refractivity contribution is 0.368. The van der Waals surface area contributed by atoms with E-state index in [1.165, 1.54) is 23.5 Å². The SMILES string of the molecule is CCCC(C)N(C)S(=O)(=O)c1cccc(S(=O)(=O)F)c1. The Kier molecular flexibility index (Phi) is 5.28. The van der Waals surface area contributed by atoms with E-state index in [-0.39, 0.29) is 10.9 Å². The van der Waals surface area contributed by atoms with E-state index >= 15 is 0 Å². The van der Waals surface area contributed by atoms with E-state index in [1.54, 1.807) is 6.92 Å². The van der Waals surface area contributed by atoms with Gasteiger partial charge in [0.2, 0.25) is 10.0 Å². The second kappa shape index (κ2) is 6.19. The van der Waals surface area contributed by atoms with Crippen molar-refractivity contribution in [3.8, 4) is 0 Å². The van der Waals surface area contributed by atoms with Crippen LogP contribution in [0.25, 0.3) is 0 Å². The first-order valence-electron chi connectivity index (χ1n) is 6.13. The summed E-state index contributed by atoms with van der Waals surface area (Å²) in [5, 5.41) is 0. The zero-order chi connectivity index (χ0) is 15.6. The van der Waals surface area contributed by atoms with E-state index in [9.17, 15) is 20.7 Å². The van der Waals surface area contributed by atoms with Gasteiger partial charge >= 0.3 is 10.2 Å².